The van der Waals surface area contributed by atoms with Gasteiger partial charge in [-0.25, -0.2) is 0 Å². The molecule has 1 N–H and O–H groups in total. The van der Waals surface area contributed by atoms with Crippen molar-refractivity contribution in [3.63, 3.8) is 0 Å². The van der Waals surface area contributed by atoms with Crippen molar-refractivity contribution in [1.82, 2.24) is 4.98 Å². The maximum absolute atomic E-state index is 12.4. The summed E-state index contributed by atoms with van der Waals surface area (Å²) in [4.78, 5) is 17.4. The third-order valence-electron chi connectivity index (χ3n) is 10.4. The van der Waals surface area contributed by atoms with E-state index in [4.69, 9.17) is 4.98 Å². The molecule has 2 aliphatic rings. The topological polar surface area (TPSA) is 50.2 Å². The van der Waals surface area contributed by atoms with Gasteiger partial charge in [0.1, 0.15) is 5.76 Å². The number of carbonyl (C=O) groups excluding carboxylic acids is 1. The van der Waals surface area contributed by atoms with E-state index in [-0.39, 0.29) is 37.7 Å². The maximum atomic E-state index is 12.4. The average Bonchev–Trinajstić information content (AvgIpc) is 3.10. The van der Waals surface area contributed by atoms with Crippen molar-refractivity contribution in [2.45, 2.75) is 110 Å². The van der Waals surface area contributed by atoms with Crippen LogP contribution in [0.2, 0.25) is 39.3 Å². The number of pyridine rings is 1. The molecule has 0 amide bonds. The van der Waals surface area contributed by atoms with Crippen LogP contribution in [0, 0.1) is 17.9 Å². The first-order valence-corrected chi connectivity index (χ1v) is 25.3. The number of nitrogens with zero attached hydrogens (tertiary/aromatic N) is 1. The number of Topliss-reactive ketones (excluding diaryl/α,β-unsaturated/α-hetero) is 1. The zero-order chi connectivity index (χ0) is 34.5. The summed E-state index contributed by atoms with van der Waals surface area (Å²) in [5.41, 5.74) is 6.29. The van der Waals surface area contributed by atoms with Crippen LogP contribution in [0.15, 0.2) is 84.1 Å². The fourth-order valence-electron chi connectivity index (χ4n) is 7.25. The van der Waals surface area contributed by atoms with Crippen molar-refractivity contribution in [1.29, 1.82) is 0 Å². The van der Waals surface area contributed by atoms with E-state index in [1.165, 1.54) is 65.4 Å². The van der Waals surface area contributed by atoms with Crippen LogP contribution < -0.4 is 10.4 Å². The van der Waals surface area contributed by atoms with Gasteiger partial charge in [0, 0.05) is 42.9 Å². The number of allylic oxidation sites excluding steroid dienone is 2. The van der Waals surface area contributed by atoms with Crippen LogP contribution in [-0.2, 0) is 24.9 Å². The summed E-state index contributed by atoms with van der Waals surface area (Å²) in [5, 5.41) is 14.4. The van der Waals surface area contributed by atoms with Gasteiger partial charge in [-0.1, -0.05) is 132 Å². The van der Waals surface area contributed by atoms with E-state index in [1.54, 1.807) is 0 Å². The zero-order valence-corrected chi connectivity index (χ0v) is 35.2. The van der Waals surface area contributed by atoms with Gasteiger partial charge in [-0.3, -0.25) is 9.78 Å². The van der Waals surface area contributed by atoms with E-state index in [0.717, 1.165) is 42.5 Å². The maximum Gasteiger partial charge on any atom is 0.164 e. The van der Waals surface area contributed by atoms with Crippen molar-refractivity contribution in [2.75, 3.05) is 0 Å². The number of aliphatic hydroxyl groups excluding tert-OH is 1. The molecule has 263 valence electrons. The van der Waals surface area contributed by atoms with Crippen molar-refractivity contribution < 1.29 is 30.0 Å². The second-order valence-corrected chi connectivity index (χ2v) is 26.3. The summed E-state index contributed by atoms with van der Waals surface area (Å²) >= 11 is 0. The first kappa shape index (κ1) is 39.2. The molecule has 2 saturated carbocycles. The van der Waals surface area contributed by atoms with E-state index in [9.17, 15) is 9.90 Å². The van der Waals surface area contributed by atoms with Gasteiger partial charge >= 0.3 is 0 Å². The molecule has 0 atom stereocenters. The monoisotopic (exact) mass is 867 g/mol. The van der Waals surface area contributed by atoms with Gasteiger partial charge in [-0.2, -0.15) is 0 Å². The number of benzene rings is 3. The molecule has 1 radical (unpaired) electrons. The van der Waals surface area contributed by atoms with Crippen LogP contribution in [0.1, 0.15) is 71.1 Å². The largest absolute Gasteiger partial charge is 0.512 e. The smallest absolute Gasteiger partial charge is 0.164 e. The summed E-state index contributed by atoms with van der Waals surface area (Å²) in [6, 6.07) is 29.8. The summed E-state index contributed by atoms with van der Waals surface area (Å²) in [6.07, 6.45) is 11.4. The Hall–Kier alpha value is -2.64. The summed E-state index contributed by atoms with van der Waals surface area (Å²) in [5.74, 6) is 1.07. The van der Waals surface area contributed by atoms with Crippen LogP contribution in [0.4, 0.5) is 0 Å². The molecular formula is C43H56IrNO2Si2-. The third-order valence-corrected chi connectivity index (χ3v) is 14.5. The molecular weight excluding hydrogens is 811 g/mol. The van der Waals surface area contributed by atoms with Crippen molar-refractivity contribution >= 4 is 43.2 Å². The molecule has 3 nitrogen and oxygen atoms in total. The minimum atomic E-state index is -1.41. The molecule has 0 bridgehead atoms. The number of rotatable bonds is 7. The van der Waals surface area contributed by atoms with Crippen molar-refractivity contribution in [3.05, 3.63) is 90.2 Å². The molecule has 2 aliphatic carbocycles. The SMILES string of the molecule is C/C(C(=O)C1CCCCC1)=C(/O)C1CCCCC1.C[Si](C)(C)c1cc[c-]c(-c2cc(-c3ccccc3)c3cc([Si](C)(C)C)ccc3n2)c1.[Ir]. The second kappa shape index (κ2) is 17.0. The number of hydrogen-bond acceptors (Lipinski definition) is 3. The molecule has 6 heteroatoms. The number of fused-ring (bicyclic) bond motifs is 1. The van der Waals surface area contributed by atoms with Crippen LogP contribution in [-0.4, -0.2) is 32.0 Å². The quantitative estimate of drug-likeness (QED) is 0.0871. The molecule has 0 spiro atoms. The van der Waals surface area contributed by atoms with E-state index in [1.807, 2.05) is 6.92 Å². The minimum Gasteiger partial charge on any atom is -0.512 e. The first-order chi connectivity index (χ1) is 22.8. The number of carbonyl (C=O) groups is 1. The zero-order valence-electron chi connectivity index (χ0n) is 30.8. The summed E-state index contributed by atoms with van der Waals surface area (Å²) < 4.78 is 0. The predicted octanol–water partition coefficient (Wildman–Crippen LogP) is 11.0. The van der Waals surface area contributed by atoms with Gasteiger partial charge in [-0.05, 0) is 55.5 Å². The van der Waals surface area contributed by atoms with Crippen molar-refractivity contribution in [3.8, 4) is 22.4 Å². The Morgan fingerprint density at radius 3 is 1.90 bits per heavy atom. The Balaban J connectivity index is 0.000000244. The Morgan fingerprint density at radius 2 is 1.31 bits per heavy atom. The van der Waals surface area contributed by atoms with Gasteiger partial charge in [-0.15, -0.1) is 35.0 Å². The summed E-state index contributed by atoms with van der Waals surface area (Å²) in [6.45, 7) is 16.2. The van der Waals surface area contributed by atoms with Gasteiger partial charge in [0.15, 0.2) is 5.78 Å². The van der Waals surface area contributed by atoms with E-state index in [0.29, 0.717) is 11.3 Å². The van der Waals surface area contributed by atoms with Crippen molar-refractivity contribution in [2.24, 2.45) is 11.8 Å². The van der Waals surface area contributed by atoms with Crippen LogP contribution >= 0.6 is 0 Å². The molecule has 0 aliphatic heterocycles. The van der Waals surface area contributed by atoms with E-state index < -0.39 is 16.1 Å². The molecule has 2 fully saturated rings. The molecule has 1 heterocycles. The molecule has 4 aromatic rings. The Kier molecular flexibility index (Phi) is 13.6. The Bertz CT molecular complexity index is 1740. The molecule has 0 unspecified atom stereocenters. The summed E-state index contributed by atoms with van der Waals surface area (Å²) in [7, 11) is -2.81. The fraction of sp³-hybridized carbons (Fsp3) is 0.442. The van der Waals surface area contributed by atoms with Crippen LogP contribution in [0.3, 0.4) is 0 Å². The molecule has 49 heavy (non-hydrogen) atoms. The van der Waals surface area contributed by atoms with Gasteiger partial charge in [0.05, 0.1) is 21.7 Å². The predicted molar refractivity (Wildman–Crippen MR) is 211 cm³/mol. The normalized spacial score (nSPS) is 16.6. The number of ketones is 1. The molecule has 6 rings (SSSR count). The Morgan fingerprint density at radius 1 is 0.735 bits per heavy atom. The van der Waals surface area contributed by atoms with E-state index >= 15 is 0 Å². The van der Waals surface area contributed by atoms with E-state index in [2.05, 4.69) is 118 Å². The number of hydrogen-bond donors (Lipinski definition) is 1. The van der Waals surface area contributed by atoms with Crippen LogP contribution in [0.25, 0.3) is 33.3 Å². The second-order valence-electron chi connectivity index (χ2n) is 16.2. The fourth-order valence-corrected chi connectivity index (χ4v) is 9.57. The molecule has 3 aromatic carbocycles. The minimum absolute atomic E-state index is 0. The van der Waals surface area contributed by atoms with Gasteiger partial charge in [0.2, 0.25) is 0 Å². The van der Waals surface area contributed by atoms with Crippen LogP contribution in [0.5, 0.6) is 0 Å². The molecule has 0 saturated heterocycles. The number of aliphatic hydroxyl groups is 1. The Labute approximate surface area is 311 Å². The average molecular weight is 867 g/mol. The van der Waals surface area contributed by atoms with Gasteiger partial charge in [0.25, 0.3) is 0 Å². The standard InChI is InChI=1S/C27H30NSi2.C16H26O2.Ir/c1-29(2,3)22-14-10-13-21(17-22)27-19-24(20-11-8-7-9-12-20)25-18-23(30(4,5)6)15-16-26(25)28-27;1-12(15(17)13-8-4-2-5-9-13)16(18)14-10-6-3-7-11-14;/h7-12,14-19H,1-6H3;13-14,17H,2-11H2,1H3;/q-1;;/b;15-12-;. The first-order valence-electron chi connectivity index (χ1n) is 18.3. The molecule has 1 aromatic heterocycles. The third kappa shape index (κ3) is 10.00. The number of aromatic nitrogens is 1. The van der Waals surface area contributed by atoms with Gasteiger partial charge < -0.3 is 5.11 Å².